The highest BCUT2D eigenvalue weighted by Crippen LogP contribution is 2.25. The van der Waals surface area contributed by atoms with E-state index in [1.807, 2.05) is 13.1 Å². The van der Waals surface area contributed by atoms with Crippen molar-refractivity contribution in [3.05, 3.63) is 46.5 Å². The average Bonchev–Trinajstić information content (AvgIpc) is 3.12. The minimum Gasteiger partial charge on any atom is -0.343 e. The van der Waals surface area contributed by atoms with Gasteiger partial charge in [0, 0.05) is 26.2 Å². The van der Waals surface area contributed by atoms with Gasteiger partial charge in [-0.2, -0.15) is 0 Å². The van der Waals surface area contributed by atoms with Gasteiger partial charge in [0.05, 0.1) is 22.5 Å². The van der Waals surface area contributed by atoms with Gasteiger partial charge in [-0.15, -0.1) is 5.10 Å². The van der Waals surface area contributed by atoms with Gasteiger partial charge in [0.2, 0.25) is 10.1 Å². The number of imidazole rings is 1. The van der Waals surface area contributed by atoms with Crippen molar-refractivity contribution in [2.24, 2.45) is 0 Å². The van der Waals surface area contributed by atoms with Gasteiger partial charge in [-0.1, -0.05) is 22.9 Å². The number of piperazine rings is 1. The van der Waals surface area contributed by atoms with Crippen LogP contribution in [-0.2, 0) is 0 Å². The predicted octanol–water partition coefficient (Wildman–Crippen LogP) is 2.85. The van der Waals surface area contributed by atoms with E-state index < -0.39 is 5.82 Å². The van der Waals surface area contributed by atoms with Gasteiger partial charge >= 0.3 is 0 Å². The van der Waals surface area contributed by atoms with Crippen LogP contribution in [0.15, 0.2) is 24.4 Å². The molecule has 1 fully saturated rings. The number of benzene rings is 1. The molecule has 9 heteroatoms. The molecule has 1 aromatic carbocycles. The third-order valence-corrected chi connectivity index (χ3v) is 5.45. The maximum atomic E-state index is 13.1. The summed E-state index contributed by atoms with van der Waals surface area (Å²) >= 11 is 7.53. The number of aryl methyl sites for hydroxylation is 1. The van der Waals surface area contributed by atoms with Crippen LogP contribution < -0.4 is 4.90 Å². The summed E-state index contributed by atoms with van der Waals surface area (Å²) in [4.78, 5) is 21.7. The first-order valence-electron chi connectivity index (χ1n) is 7.83. The van der Waals surface area contributed by atoms with Gasteiger partial charge in [0.25, 0.3) is 5.91 Å². The Kier molecular flexibility index (Phi) is 4.09. The van der Waals surface area contributed by atoms with Crippen LogP contribution in [0.25, 0.3) is 4.96 Å². The second-order valence-electron chi connectivity index (χ2n) is 5.90. The van der Waals surface area contributed by atoms with E-state index in [4.69, 9.17) is 11.6 Å². The van der Waals surface area contributed by atoms with Crippen molar-refractivity contribution in [3.8, 4) is 0 Å². The Balaban J connectivity index is 1.45. The number of amides is 1. The van der Waals surface area contributed by atoms with Gasteiger partial charge in [-0.05, 0) is 25.1 Å². The lowest BCUT2D eigenvalue weighted by Crippen LogP contribution is -2.48. The van der Waals surface area contributed by atoms with Crippen molar-refractivity contribution in [2.45, 2.75) is 6.92 Å². The monoisotopic (exact) mass is 379 g/mol. The third kappa shape index (κ3) is 3.07. The maximum absolute atomic E-state index is 13.1. The molecule has 0 radical (unpaired) electrons. The second-order valence-corrected chi connectivity index (χ2v) is 7.24. The molecule has 0 unspecified atom stereocenters. The van der Waals surface area contributed by atoms with Gasteiger partial charge in [-0.3, -0.25) is 4.79 Å². The van der Waals surface area contributed by atoms with Crippen LogP contribution in [-0.4, -0.2) is 51.6 Å². The molecule has 0 saturated carbocycles. The van der Waals surface area contributed by atoms with E-state index in [1.54, 1.807) is 9.42 Å². The number of anilines is 1. The highest BCUT2D eigenvalue weighted by molar-refractivity contribution is 7.20. The number of carbonyl (C=O) groups is 1. The van der Waals surface area contributed by atoms with Crippen molar-refractivity contribution >= 4 is 38.9 Å². The highest BCUT2D eigenvalue weighted by Gasteiger charge is 2.25. The smallest absolute Gasteiger partial charge is 0.255 e. The van der Waals surface area contributed by atoms with E-state index in [-0.39, 0.29) is 10.9 Å². The van der Waals surface area contributed by atoms with E-state index in [0.717, 1.165) is 15.8 Å². The molecule has 4 rings (SSSR count). The number of hydrogen-bond acceptors (Lipinski definition) is 5. The van der Waals surface area contributed by atoms with Crippen LogP contribution in [0.5, 0.6) is 0 Å². The van der Waals surface area contributed by atoms with Crippen LogP contribution >= 0.6 is 22.9 Å². The van der Waals surface area contributed by atoms with Crippen LogP contribution in [0.2, 0.25) is 5.02 Å². The Morgan fingerprint density at radius 3 is 2.72 bits per heavy atom. The van der Waals surface area contributed by atoms with Gasteiger partial charge in [0.1, 0.15) is 5.82 Å². The summed E-state index contributed by atoms with van der Waals surface area (Å²) in [5, 5.41) is 5.58. The molecule has 1 aliphatic rings. The fourth-order valence-electron chi connectivity index (χ4n) is 2.86. The van der Waals surface area contributed by atoms with Gasteiger partial charge < -0.3 is 9.80 Å². The predicted molar refractivity (Wildman–Crippen MR) is 95.1 cm³/mol. The normalized spacial score (nSPS) is 15.2. The average molecular weight is 380 g/mol. The summed E-state index contributed by atoms with van der Waals surface area (Å²) in [6, 6.07) is 3.85. The molecule has 0 N–H and O–H groups in total. The quantitative estimate of drug-likeness (QED) is 0.687. The molecule has 25 heavy (non-hydrogen) atoms. The summed E-state index contributed by atoms with van der Waals surface area (Å²) < 4.78 is 14.9. The fourth-order valence-corrected chi connectivity index (χ4v) is 4.09. The van der Waals surface area contributed by atoms with E-state index in [2.05, 4.69) is 15.0 Å². The number of rotatable bonds is 2. The molecule has 3 aromatic rings. The summed E-state index contributed by atoms with van der Waals surface area (Å²) in [6.45, 7) is 4.42. The Morgan fingerprint density at radius 2 is 2.04 bits per heavy atom. The number of aromatic nitrogens is 3. The zero-order valence-corrected chi connectivity index (χ0v) is 15.0. The second kappa shape index (κ2) is 6.27. The topological polar surface area (TPSA) is 53.7 Å². The number of fused-ring (bicyclic) bond motifs is 1. The molecule has 3 heterocycles. The van der Waals surface area contributed by atoms with Gasteiger partial charge in [-0.25, -0.2) is 13.9 Å². The molecule has 0 aliphatic carbocycles. The zero-order valence-electron chi connectivity index (χ0n) is 13.4. The van der Waals surface area contributed by atoms with Crippen LogP contribution in [0.3, 0.4) is 0 Å². The van der Waals surface area contributed by atoms with Crippen LogP contribution in [0.4, 0.5) is 9.52 Å². The molecule has 2 aromatic heterocycles. The molecule has 1 saturated heterocycles. The first-order valence-corrected chi connectivity index (χ1v) is 9.03. The molecular weight excluding hydrogens is 365 g/mol. The zero-order chi connectivity index (χ0) is 17.6. The largest absolute Gasteiger partial charge is 0.343 e. The Bertz CT molecular complexity index is 916. The SMILES string of the molecule is Cc1cn2nc(N3CCN(C(=O)c4ccc(F)cc4Cl)CC3)sc2n1. The molecule has 0 atom stereocenters. The molecule has 0 spiro atoms. The van der Waals surface area contributed by atoms with Crippen LogP contribution in [0.1, 0.15) is 16.1 Å². The van der Waals surface area contributed by atoms with E-state index in [1.165, 1.54) is 29.5 Å². The third-order valence-electron chi connectivity index (χ3n) is 4.15. The summed E-state index contributed by atoms with van der Waals surface area (Å²) in [5.74, 6) is -0.621. The fraction of sp³-hybridized carbons (Fsp3) is 0.312. The first kappa shape index (κ1) is 16.3. The minimum atomic E-state index is -0.449. The Hall–Kier alpha value is -2.19. The van der Waals surface area contributed by atoms with Crippen molar-refractivity contribution in [1.29, 1.82) is 0 Å². The molecule has 1 aliphatic heterocycles. The molecular formula is C16H15ClFN5OS. The molecule has 0 bridgehead atoms. The lowest BCUT2D eigenvalue weighted by molar-refractivity contribution is 0.0747. The number of nitrogens with zero attached hydrogens (tertiary/aromatic N) is 5. The van der Waals surface area contributed by atoms with Crippen molar-refractivity contribution < 1.29 is 9.18 Å². The highest BCUT2D eigenvalue weighted by atomic mass is 35.5. The van der Waals surface area contributed by atoms with E-state index in [0.29, 0.717) is 31.7 Å². The van der Waals surface area contributed by atoms with E-state index >= 15 is 0 Å². The Labute approximate surface area is 152 Å². The van der Waals surface area contributed by atoms with Crippen molar-refractivity contribution in [3.63, 3.8) is 0 Å². The molecule has 6 nitrogen and oxygen atoms in total. The lowest BCUT2D eigenvalue weighted by atomic mass is 10.1. The Morgan fingerprint density at radius 1 is 1.28 bits per heavy atom. The van der Waals surface area contributed by atoms with Crippen LogP contribution in [0, 0.1) is 12.7 Å². The maximum Gasteiger partial charge on any atom is 0.255 e. The molecule has 1 amide bonds. The van der Waals surface area contributed by atoms with Crippen molar-refractivity contribution in [2.75, 3.05) is 31.1 Å². The summed E-state index contributed by atoms with van der Waals surface area (Å²) in [7, 11) is 0. The van der Waals surface area contributed by atoms with E-state index in [9.17, 15) is 9.18 Å². The number of hydrogen-bond donors (Lipinski definition) is 0. The van der Waals surface area contributed by atoms with Gasteiger partial charge in [0.15, 0.2) is 0 Å². The molecule has 130 valence electrons. The summed E-state index contributed by atoms with van der Waals surface area (Å²) in [6.07, 6.45) is 1.89. The summed E-state index contributed by atoms with van der Waals surface area (Å²) in [5.41, 5.74) is 1.27. The number of halogens is 2. The van der Waals surface area contributed by atoms with Crippen molar-refractivity contribution in [1.82, 2.24) is 19.5 Å². The minimum absolute atomic E-state index is 0.143. The first-order chi connectivity index (χ1) is 12.0. The standard InChI is InChI=1S/C16H15ClFN5OS/c1-10-9-23-15(19-10)25-16(20-23)22-6-4-21(5-7-22)14(24)12-3-2-11(18)8-13(12)17/h2-3,8-9H,4-7H2,1H3. The lowest BCUT2D eigenvalue weighted by Gasteiger charge is -2.34. The number of carbonyl (C=O) groups excluding carboxylic acids is 1.